The Morgan fingerprint density at radius 1 is 1.20 bits per heavy atom. The van der Waals surface area contributed by atoms with E-state index in [9.17, 15) is 9.59 Å². The van der Waals surface area contributed by atoms with Crippen LogP contribution in [0.1, 0.15) is 52.2 Å². The van der Waals surface area contributed by atoms with E-state index >= 15 is 0 Å². The third-order valence-corrected chi connectivity index (χ3v) is 4.75. The van der Waals surface area contributed by atoms with Gasteiger partial charge >= 0.3 is 0 Å². The highest BCUT2D eigenvalue weighted by molar-refractivity contribution is 6.41. The van der Waals surface area contributed by atoms with Crippen LogP contribution in [0.2, 0.25) is 10.2 Å². The van der Waals surface area contributed by atoms with Gasteiger partial charge in [0.25, 0.3) is 11.8 Å². The molecule has 0 bridgehead atoms. The van der Waals surface area contributed by atoms with E-state index in [2.05, 4.69) is 5.32 Å². The monoisotopic (exact) mass is 383 g/mol. The number of benzene rings is 1. The first-order valence-electron chi connectivity index (χ1n) is 7.75. The van der Waals surface area contributed by atoms with Crippen molar-refractivity contribution in [2.45, 2.75) is 25.8 Å². The first kappa shape index (κ1) is 19.3. The topological polar surface area (TPSA) is 83.4 Å². The number of halogens is 2. The first-order chi connectivity index (χ1) is 11.9. The number of hydrogen-bond acceptors (Lipinski definition) is 3. The van der Waals surface area contributed by atoms with Crippen LogP contribution >= 0.6 is 23.2 Å². The van der Waals surface area contributed by atoms with Crippen LogP contribution in [0.3, 0.4) is 0 Å². The Hall–Kier alpha value is -2.02. The van der Waals surface area contributed by atoms with Crippen LogP contribution in [0.25, 0.3) is 0 Å². The summed E-state index contributed by atoms with van der Waals surface area (Å²) in [6, 6.07) is 7.97. The van der Waals surface area contributed by atoms with E-state index in [-0.39, 0.29) is 11.9 Å². The number of nitrogens with one attached hydrogen (secondary N) is 2. The van der Waals surface area contributed by atoms with Crippen LogP contribution in [0.4, 0.5) is 0 Å². The molecule has 0 aliphatic carbocycles. The van der Waals surface area contributed by atoms with Gasteiger partial charge in [0.2, 0.25) is 0 Å². The summed E-state index contributed by atoms with van der Waals surface area (Å²) in [6.07, 6.45) is 1.58. The molecule has 2 amide bonds. The highest BCUT2D eigenvalue weighted by Crippen LogP contribution is 2.26. The summed E-state index contributed by atoms with van der Waals surface area (Å²) < 4.78 is 1.52. The van der Waals surface area contributed by atoms with E-state index in [1.54, 1.807) is 36.8 Å². The molecule has 0 spiro atoms. The van der Waals surface area contributed by atoms with E-state index in [4.69, 9.17) is 28.4 Å². The molecule has 1 heterocycles. The Bertz CT molecular complexity index is 772. The fourth-order valence-corrected chi connectivity index (χ4v) is 2.91. The van der Waals surface area contributed by atoms with Gasteiger partial charge in [-0.2, -0.15) is 0 Å². The van der Waals surface area contributed by atoms with Crippen molar-refractivity contribution >= 4 is 35.0 Å². The quantitative estimate of drug-likeness (QED) is 0.524. The third-order valence-electron chi connectivity index (χ3n) is 3.91. The van der Waals surface area contributed by atoms with Gasteiger partial charge in [-0.05, 0) is 30.2 Å². The molecular formula is C17H19Cl2N3O3. The summed E-state index contributed by atoms with van der Waals surface area (Å²) >= 11 is 12.0. The van der Waals surface area contributed by atoms with Gasteiger partial charge < -0.3 is 9.88 Å². The number of nitrogens with zero attached hydrogens (tertiary/aromatic N) is 1. The van der Waals surface area contributed by atoms with Crippen LogP contribution in [0.15, 0.2) is 30.3 Å². The molecule has 134 valence electrons. The molecule has 0 aliphatic heterocycles. The largest absolute Gasteiger partial charge is 0.344 e. The van der Waals surface area contributed by atoms with Gasteiger partial charge in [-0.15, -0.1) is 0 Å². The molecule has 2 aromatic rings. The van der Waals surface area contributed by atoms with Gasteiger partial charge in [-0.3, -0.25) is 14.8 Å². The van der Waals surface area contributed by atoms with Crippen molar-refractivity contribution in [3.63, 3.8) is 0 Å². The zero-order valence-corrected chi connectivity index (χ0v) is 15.4. The number of carbonyl (C=O) groups is 2. The van der Waals surface area contributed by atoms with Crippen molar-refractivity contribution in [2.75, 3.05) is 0 Å². The number of rotatable bonds is 6. The SMILES string of the molecule is CCC[C@@H](NC(=O)c1cc(Cl)c(Cl)n1C)c1ccc(C(=O)NO)cc1. The molecule has 0 saturated heterocycles. The minimum atomic E-state index is -0.587. The number of hydroxylamine groups is 1. The van der Waals surface area contributed by atoms with Crippen molar-refractivity contribution in [3.8, 4) is 0 Å². The van der Waals surface area contributed by atoms with Gasteiger partial charge in [-0.25, -0.2) is 5.48 Å². The number of amides is 2. The summed E-state index contributed by atoms with van der Waals surface area (Å²) in [5, 5.41) is 12.3. The summed E-state index contributed by atoms with van der Waals surface area (Å²) in [5.74, 6) is -0.873. The van der Waals surface area contributed by atoms with Crippen LogP contribution in [0, 0.1) is 0 Å². The summed E-state index contributed by atoms with van der Waals surface area (Å²) in [4.78, 5) is 24.0. The lowest BCUT2D eigenvalue weighted by Crippen LogP contribution is -2.30. The molecule has 0 aliphatic rings. The lowest BCUT2D eigenvalue weighted by molar-refractivity contribution is 0.0706. The Morgan fingerprint density at radius 2 is 1.84 bits per heavy atom. The Morgan fingerprint density at radius 3 is 2.32 bits per heavy atom. The van der Waals surface area contributed by atoms with Gasteiger partial charge in [0.05, 0.1) is 11.1 Å². The van der Waals surface area contributed by atoms with Crippen LogP contribution < -0.4 is 10.8 Å². The minimum absolute atomic E-state index is 0.226. The Kier molecular flexibility index (Phi) is 6.47. The summed E-state index contributed by atoms with van der Waals surface area (Å²) in [5.41, 5.74) is 3.14. The van der Waals surface area contributed by atoms with Crippen LogP contribution in [0.5, 0.6) is 0 Å². The third kappa shape index (κ3) is 4.34. The maximum absolute atomic E-state index is 12.6. The maximum Gasteiger partial charge on any atom is 0.274 e. The second-order valence-corrected chi connectivity index (χ2v) is 6.37. The average Bonchev–Trinajstić information content (AvgIpc) is 2.88. The molecular weight excluding hydrogens is 365 g/mol. The molecule has 0 radical (unpaired) electrons. The average molecular weight is 384 g/mol. The molecule has 0 unspecified atom stereocenters. The lowest BCUT2D eigenvalue weighted by Gasteiger charge is -2.19. The van der Waals surface area contributed by atoms with E-state index < -0.39 is 5.91 Å². The van der Waals surface area contributed by atoms with Gasteiger partial charge in [0.1, 0.15) is 10.8 Å². The van der Waals surface area contributed by atoms with Crippen molar-refractivity contribution in [1.29, 1.82) is 0 Å². The lowest BCUT2D eigenvalue weighted by atomic mass is 10.0. The molecule has 1 aromatic carbocycles. The Labute approximate surface area is 155 Å². The van der Waals surface area contributed by atoms with Crippen LogP contribution in [-0.4, -0.2) is 21.6 Å². The number of carbonyl (C=O) groups excluding carboxylic acids is 2. The molecule has 8 heteroatoms. The molecule has 1 aromatic heterocycles. The van der Waals surface area contributed by atoms with Crippen molar-refractivity contribution in [2.24, 2.45) is 7.05 Å². The van der Waals surface area contributed by atoms with E-state index in [0.717, 1.165) is 18.4 Å². The van der Waals surface area contributed by atoms with Gasteiger partial charge in [0, 0.05) is 12.6 Å². The van der Waals surface area contributed by atoms with Crippen molar-refractivity contribution in [3.05, 3.63) is 57.3 Å². The number of hydrogen-bond donors (Lipinski definition) is 3. The van der Waals surface area contributed by atoms with Crippen LogP contribution in [-0.2, 0) is 7.05 Å². The highest BCUT2D eigenvalue weighted by atomic mass is 35.5. The van der Waals surface area contributed by atoms with Crippen molar-refractivity contribution < 1.29 is 14.8 Å². The zero-order chi connectivity index (χ0) is 18.6. The standard InChI is InChI=1S/C17H19Cl2N3O3/c1-3-4-13(10-5-7-11(8-6-10)16(23)21-25)20-17(24)14-9-12(18)15(19)22(14)2/h5-9,13,25H,3-4H2,1-2H3,(H,20,24)(H,21,23)/t13-/m1/s1. The molecule has 25 heavy (non-hydrogen) atoms. The normalized spacial score (nSPS) is 11.9. The smallest absolute Gasteiger partial charge is 0.274 e. The number of aromatic nitrogens is 1. The van der Waals surface area contributed by atoms with E-state index in [1.165, 1.54) is 10.6 Å². The van der Waals surface area contributed by atoms with E-state index in [1.807, 2.05) is 6.92 Å². The molecule has 6 nitrogen and oxygen atoms in total. The molecule has 0 saturated carbocycles. The molecule has 1 atom stereocenters. The second-order valence-electron chi connectivity index (χ2n) is 5.61. The summed E-state index contributed by atoms with van der Waals surface area (Å²) in [7, 11) is 1.67. The highest BCUT2D eigenvalue weighted by Gasteiger charge is 2.20. The van der Waals surface area contributed by atoms with Crippen molar-refractivity contribution in [1.82, 2.24) is 15.4 Å². The molecule has 0 fully saturated rings. The molecule has 3 N–H and O–H groups in total. The maximum atomic E-state index is 12.6. The predicted molar refractivity (Wildman–Crippen MR) is 96.2 cm³/mol. The minimum Gasteiger partial charge on any atom is -0.344 e. The summed E-state index contributed by atoms with van der Waals surface area (Å²) in [6.45, 7) is 2.02. The van der Waals surface area contributed by atoms with E-state index in [0.29, 0.717) is 21.4 Å². The fourth-order valence-electron chi connectivity index (χ4n) is 2.53. The zero-order valence-electron chi connectivity index (χ0n) is 13.8. The van der Waals surface area contributed by atoms with Gasteiger partial charge in [-0.1, -0.05) is 48.7 Å². The second kappa shape index (κ2) is 8.38. The first-order valence-corrected chi connectivity index (χ1v) is 8.50. The molecule has 2 rings (SSSR count). The Balaban J connectivity index is 2.21. The van der Waals surface area contributed by atoms with Gasteiger partial charge in [0.15, 0.2) is 0 Å². The fraction of sp³-hybridized carbons (Fsp3) is 0.294. The predicted octanol–water partition coefficient (Wildman–Crippen LogP) is 3.72.